The van der Waals surface area contributed by atoms with Crippen LogP contribution in [0.5, 0.6) is 0 Å². The molecular formula is C12H10FN3OS. The predicted molar refractivity (Wildman–Crippen MR) is 69.0 cm³/mol. The Morgan fingerprint density at radius 2 is 2.28 bits per heavy atom. The first-order chi connectivity index (χ1) is 8.56. The second-order valence-corrected chi connectivity index (χ2v) is 5.09. The quantitative estimate of drug-likeness (QED) is 0.831. The van der Waals surface area contributed by atoms with Gasteiger partial charge in [-0.2, -0.15) is 0 Å². The molecule has 1 amide bonds. The molecule has 1 unspecified atom stereocenters. The molecule has 1 atom stereocenters. The molecule has 2 aromatic rings. The molecule has 0 saturated carbocycles. The van der Waals surface area contributed by atoms with Crippen LogP contribution >= 0.6 is 11.3 Å². The van der Waals surface area contributed by atoms with Crippen LogP contribution in [0.2, 0.25) is 0 Å². The highest BCUT2D eigenvalue weighted by Gasteiger charge is 2.30. The van der Waals surface area contributed by atoms with E-state index in [-0.39, 0.29) is 17.6 Å². The van der Waals surface area contributed by atoms with E-state index in [9.17, 15) is 9.18 Å². The number of nitrogen functional groups attached to an aromatic ring is 1. The van der Waals surface area contributed by atoms with Gasteiger partial charge in [0.2, 0.25) is 5.91 Å². The van der Waals surface area contributed by atoms with Crippen LogP contribution < -0.4 is 11.1 Å². The summed E-state index contributed by atoms with van der Waals surface area (Å²) >= 11 is 1.28. The third kappa shape index (κ3) is 1.57. The Morgan fingerprint density at radius 1 is 1.50 bits per heavy atom. The van der Waals surface area contributed by atoms with Crippen molar-refractivity contribution in [3.8, 4) is 11.3 Å². The van der Waals surface area contributed by atoms with Gasteiger partial charge < -0.3 is 11.1 Å². The van der Waals surface area contributed by atoms with E-state index >= 15 is 0 Å². The van der Waals surface area contributed by atoms with Crippen LogP contribution in [-0.4, -0.2) is 10.9 Å². The number of carbonyl (C=O) groups is 1. The fourth-order valence-corrected chi connectivity index (χ4v) is 2.66. The highest BCUT2D eigenvalue weighted by atomic mass is 32.1. The Bertz CT molecular complexity index is 653. The minimum atomic E-state index is -0.376. The van der Waals surface area contributed by atoms with Crippen molar-refractivity contribution in [2.45, 2.75) is 12.8 Å². The Balaban J connectivity index is 2.23. The van der Waals surface area contributed by atoms with Crippen molar-refractivity contribution < 1.29 is 9.18 Å². The Labute approximate surface area is 107 Å². The first-order valence-electron chi connectivity index (χ1n) is 5.42. The van der Waals surface area contributed by atoms with Crippen LogP contribution in [0.25, 0.3) is 11.3 Å². The minimum Gasteiger partial charge on any atom is -0.375 e. The Morgan fingerprint density at radius 3 is 2.94 bits per heavy atom. The molecule has 1 aromatic heterocycles. The van der Waals surface area contributed by atoms with Gasteiger partial charge in [0.05, 0.1) is 17.3 Å². The van der Waals surface area contributed by atoms with Crippen molar-refractivity contribution in [1.82, 2.24) is 4.98 Å². The van der Waals surface area contributed by atoms with Crippen LogP contribution in [0.1, 0.15) is 18.4 Å². The molecule has 6 heteroatoms. The number of halogens is 1. The first-order valence-corrected chi connectivity index (χ1v) is 6.30. The second-order valence-electron chi connectivity index (χ2n) is 4.20. The average molecular weight is 263 g/mol. The lowest BCUT2D eigenvalue weighted by Crippen LogP contribution is -2.08. The monoisotopic (exact) mass is 263 g/mol. The molecule has 18 heavy (non-hydrogen) atoms. The Hall–Kier alpha value is -1.95. The van der Waals surface area contributed by atoms with Gasteiger partial charge >= 0.3 is 0 Å². The van der Waals surface area contributed by atoms with Gasteiger partial charge in [-0.05, 0) is 24.6 Å². The maximum absolute atomic E-state index is 13.6. The van der Waals surface area contributed by atoms with E-state index in [1.54, 1.807) is 12.3 Å². The molecule has 0 spiro atoms. The summed E-state index contributed by atoms with van der Waals surface area (Å²) in [6, 6.07) is 2.75. The average Bonchev–Trinajstić information content (AvgIpc) is 2.86. The summed E-state index contributed by atoms with van der Waals surface area (Å²) in [4.78, 5) is 15.8. The van der Waals surface area contributed by atoms with Crippen molar-refractivity contribution in [3.05, 3.63) is 28.9 Å². The molecule has 3 rings (SSSR count). The van der Waals surface area contributed by atoms with Gasteiger partial charge in [-0.15, -0.1) is 11.3 Å². The normalized spacial score (nSPS) is 17.7. The summed E-state index contributed by atoms with van der Waals surface area (Å²) in [6.07, 6.45) is 0. The molecule has 0 radical (unpaired) electrons. The number of amides is 1. The second kappa shape index (κ2) is 3.78. The number of carbonyl (C=O) groups excluding carboxylic acids is 1. The standard InChI is InChI=1S/C12H10FN3OS/c1-5-7-2-6(13)3-8(10(7)16-11(5)17)9-4-18-12(14)15-9/h2-5H,1H3,(H2,14,15)(H,16,17). The number of nitrogens with one attached hydrogen (secondary N) is 1. The van der Waals surface area contributed by atoms with Gasteiger partial charge in [0.1, 0.15) is 5.82 Å². The lowest BCUT2D eigenvalue weighted by Gasteiger charge is -2.06. The number of nitrogens with zero attached hydrogens (tertiary/aromatic N) is 1. The number of fused-ring (bicyclic) bond motifs is 1. The van der Waals surface area contributed by atoms with E-state index in [0.717, 1.165) is 0 Å². The minimum absolute atomic E-state index is 0.125. The molecule has 92 valence electrons. The number of benzene rings is 1. The van der Waals surface area contributed by atoms with E-state index in [4.69, 9.17) is 5.73 Å². The van der Waals surface area contributed by atoms with E-state index in [1.165, 1.54) is 23.5 Å². The zero-order valence-electron chi connectivity index (χ0n) is 9.53. The predicted octanol–water partition coefficient (Wildman–Crippen LogP) is 2.59. The van der Waals surface area contributed by atoms with Crippen LogP contribution in [0.4, 0.5) is 15.2 Å². The van der Waals surface area contributed by atoms with E-state index in [1.807, 2.05) is 0 Å². The van der Waals surface area contributed by atoms with Gasteiger partial charge in [-0.3, -0.25) is 4.79 Å². The van der Waals surface area contributed by atoms with Crippen molar-refractivity contribution in [3.63, 3.8) is 0 Å². The molecule has 0 bridgehead atoms. The summed E-state index contributed by atoms with van der Waals surface area (Å²) in [5.74, 6) is -0.843. The van der Waals surface area contributed by atoms with Crippen molar-refractivity contribution in [2.24, 2.45) is 0 Å². The molecule has 3 N–H and O–H groups in total. The highest BCUT2D eigenvalue weighted by Crippen LogP contribution is 2.40. The van der Waals surface area contributed by atoms with Gasteiger partial charge in [-0.25, -0.2) is 9.37 Å². The molecule has 0 fully saturated rings. The van der Waals surface area contributed by atoms with Gasteiger partial charge in [-0.1, -0.05) is 0 Å². The molecule has 1 aliphatic rings. The number of anilines is 2. The summed E-state index contributed by atoms with van der Waals surface area (Å²) in [5.41, 5.74) is 8.05. The number of nitrogens with two attached hydrogens (primary N) is 1. The first kappa shape index (κ1) is 11.2. The van der Waals surface area contributed by atoms with Crippen LogP contribution in [0.3, 0.4) is 0 Å². The molecular weight excluding hydrogens is 253 g/mol. The summed E-state index contributed by atoms with van der Waals surface area (Å²) in [6.45, 7) is 1.75. The third-order valence-electron chi connectivity index (χ3n) is 3.04. The van der Waals surface area contributed by atoms with Crippen LogP contribution in [0, 0.1) is 5.82 Å². The summed E-state index contributed by atoms with van der Waals surface area (Å²) in [7, 11) is 0. The molecule has 4 nitrogen and oxygen atoms in total. The van der Waals surface area contributed by atoms with Gasteiger partial charge in [0.25, 0.3) is 0 Å². The van der Waals surface area contributed by atoms with E-state index < -0.39 is 0 Å². The summed E-state index contributed by atoms with van der Waals surface area (Å²) in [5, 5.41) is 4.94. The third-order valence-corrected chi connectivity index (χ3v) is 3.71. The van der Waals surface area contributed by atoms with Crippen molar-refractivity contribution in [2.75, 3.05) is 11.1 Å². The van der Waals surface area contributed by atoms with Crippen LogP contribution in [0.15, 0.2) is 17.5 Å². The molecule has 1 aromatic carbocycles. The SMILES string of the molecule is CC1C(=O)Nc2c(-c3csc(N)n3)cc(F)cc21. The number of rotatable bonds is 1. The molecule has 0 saturated heterocycles. The largest absolute Gasteiger partial charge is 0.375 e. The van der Waals surface area contributed by atoms with Crippen LogP contribution in [-0.2, 0) is 4.79 Å². The zero-order chi connectivity index (χ0) is 12.9. The number of thiazole rings is 1. The number of hydrogen-bond acceptors (Lipinski definition) is 4. The molecule has 2 heterocycles. The lowest BCUT2D eigenvalue weighted by molar-refractivity contribution is -0.116. The Kier molecular flexibility index (Phi) is 2.34. The number of hydrogen-bond donors (Lipinski definition) is 2. The lowest BCUT2D eigenvalue weighted by atomic mass is 9.99. The fourth-order valence-electron chi connectivity index (χ4n) is 2.09. The van der Waals surface area contributed by atoms with Crippen molar-refractivity contribution >= 4 is 28.1 Å². The van der Waals surface area contributed by atoms with Gasteiger partial charge in [0, 0.05) is 10.9 Å². The molecule has 0 aliphatic carbocycles. The maximum atomic E-state index is 13.6. The number of aromatic nitrogens is 1. The fraction of sp³-hybridized carbons (Fsp3) is 0.167. The highest BCUT2D eigenvalue weighted by molar-refractivity contribution is 7.13. The van der Waals surface area contributed by atoms with E-state index in [2.05, 4.69) is 10.3 Å². The van der Waals surface area contributed by atoms with E-state index in [0.29, 0.717) is 27.6 Å². The van der Waals surface area contributed by atoms with Gasteiger partial charge in [0.15, 0.2) is 5.13 Å². The topological polar surface area (TPSA) is 68.0 Å². The smallest absolute Gasteiger partial charge is 0.231 e. The maximum Gasteiger partial charge on any atom is 0.231 e. The summed E-state index contributed by atoms with van der Waals surface area (Å²) < 4.78 is 13.6. The molecule has 1 aliphatic heterocycles. The van der Waals surface area contributed by atoms with Crippen molar-refractivity contribution in [1.29, 1.82) is 0 Å². The zero-order valence-corrected chi connectivity index (χ0v) is 10.3.